The first kappa shape index (κ1) is 75.4. The summed E-state index contributed by atoms with van der Waals surface area (Å²) >= 11 is 0. The van der Waals surface area contributed by atoms with Crippen molar-refractivity contribution in [3.8, 4) is 23.0 Å². The number of aliphatic hydroxyl groups is 1. The van der Waals surface area contributed by atoms with Crippen molar-refractivity contribution in [1.82, 2.24) is 0 Å². The van der Waals surface area contributed by atoms with Crippen molar-refractivity contribution in [3.05, 3.63) is 95.6 Å². The van der Waals surface area contributed by atoms with Gasteiger partial charge in [0.05, 0.1) is 85.1 Å². The monoisotopic (exact) mass is 1240 g/mol. The molecule has 1 N–H and O–H groups in total. The lowest BCUT2D eigenvalue weighted by molar-refractivity contribution is -0.150. The normalized spacial score (nSPS) is 14.2. The Labute approximate surface area is 534 Å². The largest absolute Gasteiger partial charge is 0.494 e. The van der Waals surface area contributed by atoms with E-state index < -0.39 is 23.9 Å². The molecule has 0 radical (unpaired) electrons. The highest BCUT2D eigenvalue weighted by Crippen LogP contribution is 2.38. The Morgan fingerprint density at radius 2 is 0.854 bits per heavy atom. The molecule has 498 valence electrons. The summed E-state index contributed by atoms with van der Waals surface area (Å²) in [7, 11) is 0. The number of unbranched alkanes of at least 4 members (excludes halogenated alkanes) is 16. The lowest BCUT2D eigenvalue weighted by atomic mass is 9.77. The molecule has 1 fully saturated rings. The van der Waals surface area contributed by atoms with E-state index in [1.807, 2.05) is 12.1 Å². The van der Waals surface area contributed by atoms with E-state index in [2.05, 4.69) is 69.3 Å². The highest BCUT2D eigenvalue weighted by Gasteiger charge is 2.22. The Bertz CT molecular complexity index is 2360. The Morgan fingerprint density at radius 1 is 0.449 bits per heavy atom. The van der Waals surface area contributed by atoms with Crippen LogP contribution in [0.4, 0.5) is 0 Å². The minimum absolute atomic E-state index is 0.00172. The maximum absolute atomic E-state index is 13.3. The van der Waals surface area contributed by atoms with Crippen molar-refractivity contribution >= 4 is 29.8 Å². The second-order valence-electron chi connectivity index (χ2n) is 23.9. The minimum Gasteiger partial charge on any atom is -0.494 e. The van der Waals surface area contributed by atoms with Crippen molar-refractivity contribution < 1.29 is 71.7 Å². The van der Waals surface area contributed by atoms with Gasteiger partial charge in [-0.25, -0.2) is 4.79 Å². The van der Waals surface area contributed by atoms with Crippen molar-refractivity contribution in [2.24, 2.45) is 5.92 Å². The van der Waals surface area contributed by atoms with Crippen LogP contribution in [0.3, 0.4) is 0 Å². The van der Waals surface area contributed by atoms with Crippen molar-refractivity contribution in [2.45, 2.75) is 244 Å². The number of carbonyl (C=O) groups is 5. The van der Waals surface area contributed by atoms with Crippen LogP contribution in [-0.4, -0.2) is 101 Å². The summed E-state index contributed by atoms with van der Waals surface area (Å²) in [4.78, 5) is 62.3. The third-order valence-electron chi connectivity index (χ3n) is 16.2. The van der Waals surface area contributed by atoms with Crippen LogP contribution in [0.1, 0.15) is 266 Å². The van der Waals surface area contributed by atoms with E-state index in [9.17, 15) is 24.0 Å². The topological polar surface area (TPSA) is 189 Å². The molecule has 1 unspecified atom stereocenters. The van der Waals surface area contributed by atoms with E-state index in [0.717, 1.165) is 133 Å². The number of hydrogen-bond donors (Lipinski definition) is 1. The first-order chi connectivity index (χ1) is 43.6. The Balaban J connectivity index is 0.964. The molecule has 0 heterocycles. The standard InChI is InChI=1S/C74H112O15/c1-4-6-7-18-30-60(3)62-35-39-65(40-36-62)81-50-20-10-14-24-54-85-71(77)47-48-73(79)88-57-27-17-13-23-53-84-69-44-43-67(59-68(69)74(80)89-58-28-9-8-19-49-75)83-52-22-12-16-26-56-87-72(78)46-45-70(76)86-55-25-15-11-21-51-82-66-41-37-64(38-42-66)63-33-31-61(29-5-2)32-34-63/h7,18,35-44,59-61,63,75H,4-6,8-17,19-34,45-58H2,1-3H3/b18-7+. The second-order valence-corrected chi connectivity index (χ2v) is 23.9. The van der Waals surface area contributed by atoms with Crippen LogP contribution in [0.2, 0.25) is 0 Å². The molecule has 3 aromatic rings. The first-order valence-corrected chi connectivity index (χ1v) is 34.5. The molecular formula is C74H112O15. The smallest absolute Gasteiger partial charge is 0.342 e. The number of hydrogen-bond acceptors (Lipinski definition) is 15. The molecular weight excluding hydrogens is 1130 g/mol. The Hall–Kier alpha value is -6.09. The summed E-state index contributed by atoms with van der Waals surface area (Å²) in [5.41, 5.74) is 3.04. The molecule has 89 heavy (non-hydrogen) atoms. The van der Waals surface area contributed by atoms with E-state index >= 15 is 0 Å². The van der Waals surface area contributed by atoms with E-state index in [1.54, 1.807) is 18.2 Å². The zero-order valence-corrected chi connectivity index (χ0v) is 54.8. The molecule has 4 rings (SSSR count). The van der Waals surface area contributed by atoms with Crippen molar-refractivity contribution in [3.63, 3.8) is 0 Å². The molecule has 1 atom stereocenters. The van der Waals surface area contributed by atoms with Crippen LogP contribution in [0.25, 0.3) is 0 Å². The van der Waals surface area contributed by atoms with Crippen LogP contribution in [0.15, 0.2) is 78.9 Å². The quantitative estimate of drug-likeness (QED) is 0.0243. The zero-order valence-electron chi connectivity index (χ0n) is 54.8. The van der Waals surface area contributed by atoms with Gasteiger partial charge in [-0.15, -0.1) is 0 Å². The van der Waals surface area contributed by atoms with Crippen LogP contribution < -0.4 is 18.9 Å². The van der Waals surface area contributed by atoms with Gasteiger partial charge in [-0.2, -0.15) is 0 Å². The van der Waals surface area contributed by atoms with Gasteiger partial charge in [0.15, 0.2) is 0 Å². The molecule has 0 amide bonds. The van der Waals surface area contributed by atoms with Gasteiger partial charge in [-0.1, -0.05) is 82.9 Å². The third kappa shape index (κ3) is 36.4. The van der Waals surface area contributed by atoms with Crippen LogP contribution in [0, 0.1) is 5.92 Å². The molecule has 0 aliphatic heterocycles. The van der Waals surface area contributed by atoms with Crippen LogP contribution in [0.5, 0.6) is 23.0 Å². The fourth-order valence-corrected chi connectivity index (χ4v) is 10.8. The fourth-order valence-electron chi connectivity index (χ4n) is 10.8. The molecule has 0 bridgehead atoms. The highest BCUT2D eigenvalue weighted by atomic mass is 16.6. The van der Waals surface area contributed by atoms with E-state index in [1.165, 1.54) is 56.1 Å². The van der Waals surface area contributed by atoms with E-state index in [0.29, 0.717) is 88.7 Å². The summed E-state index contributed by atoms with van der Waals surface area (Å²) in [5, 5.41) is 9.08. The average molecular weight is 1240 g/mol. The number of ether oxygens (including phenoxy) is 9. The van der Waals surface area contributed by atoms with Gasteiger partial charge in [0.1, 0.15) is 28.6 Å². The number of carbonyl (C=O) groups excluding carboxylic acids is 5. The van der Waals surface area contributed by atoms with Crippen molar-refractivity contribution in [2.75, 3.05) is 66.1 Å². The number of allylic oxidation sites excluding steroid dienone is 2. The summed E-state index contributed by atoms with van der Waals surface area (Å²) in [5.74, 6) is 2.69. The Morgan fingerprint density at radius 3 is 1.30 bits per heavy atom. The Kier molecular flexibility index (Phi) is 42.1. The number of esters is 5. The van der Waals surface area contributed by atoms with Gasteiger partial charge in [-0.05, 0) is 232 Å². The highest BCUT2D eigenvalue weighted by molar-refractivity contribution is 5.93. The summed E-state index contributed by atoms with van der Waals surface area (Å²) in [6.07, 6.45) is 32.3. The number of benzene rings is 3. The maximum Gasteiger partial charge on any atom is 0.342 e. The SMILES string of the molecule is CCC/C=C/CC(C)c1ccc(OCCCCCCOC(=O)CCC(=O)OCCCCCCOc2ccc(OCCCCCCOC(=O)CCC(=O)OCCCCCCOc3ccc(C4CCC(CCC)CC4)cc3)cc2C(=O)OCCCCCCO)cc1. The predicted octanol–water partition coefficient (Wildman–Crippen LogP) is 17.2. The molecule has 3 aromatic carbocycles. The molecule has 0 aromatic heterocycles. The third-order valence-corrected chi connectivity index (χ3v) is 16.2. The zero-order chi connectivity index (χ0) is 63.6. The van der Waals surface area contributed by atoms with Gasteiger partial charge >= 0.3 is 29.8 Å². The molecule has 15 heteroatoms. The fraction of sp³-hybridized carbons (Fsp3) is 0.662. The lowest BCUT2D eigenvalue weighted by Crippen LogP contribution is -2.13. The predicted molar refractivity (Wildman–Crippen MR) is 350 cm³/mol. The first-order valence-electron chi connectivity index (χ1n) is 34.5. The maximum atomic E-state index is 13.3. The van der Waals surface area contributed by atoms with E-state index in [-0.39, 0.29) is 63.6 Å². The van der Waals surface area contributed by atoms with Gasteiger partial charge in [0.25, 0.3) is 0 Å². The number of rotatable bonds is 53. The van der Waals surface area contributed by atoms with Gasteiger partial charge in [0.2, 0.25) is 0 Å². The molecule has 1 saturated carbocycles. The number of aliphatic hydroxyl groups excluding tert-OH is 1. The lowest BCUT2D eigenvalue weighted by Gasteiger charge is -2.28. The minimum atomic E-state index is -0.495. The van der Waals surface area contributed by atoms with E-state index in [4.69, 9.17) is 47.7 Å². The van der Waals surface area contributed by atoms with Gasteiger partial charge in [-0.3, -0.25) is 19.2 Å². The van der Waals surface area contributed by atoms with Crippen LogP contribution >= 0.6 is 0 Å². The summed E-state index contributed by atoms with van der Waals surface area (Å²) in [6.45, 7) is 10.4. The molecule has 0 spiro atoms. The van der Waals surface area contributed by atoms with Crippen molar-refractivity contribution in [1.29, 1.82) is 0 Å². The molecule has 15 nitrogen and oxygen atoms in total. The van der Waals surface area contributed by atoms with Crippen LogP contribution in [-0.2, 0) is 42.9 Å². The molecule has 0 saturated heterocycles. The summed E-state index contributed by atoms with van der Waals surface area (Å²) < 4.78 is 51.0. The average Bonchev–Trinajstić information content (AvgIpc) is 3.75. The summed E-state index contributed by atoms with van der Waals surface area (Å²) in [6, 6.07) is 22.2. The molecule has 1 aliphatic carbocycles. The molecule has 1 aliphatic rings. The van der Waals surface area contributed by atoms with Gasteiger partial charge < -0.3 is 47.7 Å². The second kappa shape index (κ2) is 49.7. The van der Waals surface area contributed by atoms with Gasteiger partial charge in [0, 0.05) is 6.61 Å².